The zero-order valence-corrected chi connectivity index (χ0v) is 15.9. The highest BCUT2D eigenvalue weighted by Gasteiger charge is 2.29. The number of anilines is 1. The summed E-state index contributed by atoms with van der Waals surface area (Å²) < 4.78 is 7.04. The number of hydrogen-bond donors (Lipinski definition) is 2. The van der Waals surface area contributed by atoms with Crippen LogP contribution >= 0.6 is 23.4 Å². The van der Waals surface area contributed by atoms with E-state index in [2.05, 4.69) is 10.3 Å². The normalized spacial score (nSPS) is 16.4. The number of aromatic nitrogens is 2. The highest BCUT2D eigenvalue weighted by molar-refractivity contribution is 8.00. The number of ether oxygens (including phenoxy) is 1. The number of hydrogen-bond acceptors (Lipinski definition) is 5. The third-order valence-corrected chi connectivity index (χ3v) is 5.78. The van der Waals surface area contributed by atoms with Crippen LogP contribution in [0.3, 0.4) is 0 Å². The molecule has 1 atom stereocenters. The maximum absolute atomic E-state index is 12.1. The Hall–Kier alpha value is -2.64. The summed E-state index contributed by atoms with van der Waals surface area (Å²) in [5.41, 5.74) is 2.51. The molecule has 8 heteroatoms. The van der Waals surface area contributed by atoms with Gasteiger partial charge in [0.1, 0.15) is 6.33 Å². The van der Waals surface area contributed by atoms with Crippen molar-refractivity contribution in [2.75, 3.05) is 18.2 Å². The minimum atomic E-state index is -0.211. The molecule has 1 unspecified atom stereocenters. The summed E-state index contributed by atoms with van der Waals surface area (Å²) in [6.07, 6.45) is 1.67. The number of imidazole rings is 1. The lowest BCUT2D eigenvalue weighted by molar-refractivity contribution is -0.113. The second kappa shape index (κ2) is 7.17. The second-order valence-corrected chi connectivity index (χ2v) is 7.53. The van der Waals surface area contributed by atoms with Crippen molar-refractivity contribution < 1.29 is 14.6 Å². The topological polar surface area (TPSA) is 76.4 Å². The van der Waals surface area contributed by atoms with Crippen molar-refractivity contribution in [3.05, 3.63) is 65.1 Å². The molecule has 1 amide bonds. The standard InChI is InChI=1S/C19H16ClN3O3S/c1-26-15-6-5-11(7-14(15)24)18-17-19(22-16(25)9-27-18)21-10-23(17)13-4-2-3-12(20)8-13/h2-8,10,18,24H,9H2,1H3,(H,22,25). The maximum atomic E-state index is 12.1. The van der Waals surface area contributed by atoms with Gasteiger partial charge in [-0.1, -0.05) is 23.7 Å². The van der Waals surface area contributed by atoms with Gasteiger partial charge in [-0.2, -0.15) is 0 Å². The number of aromatic hydroxyl groups is 1. The molecule has 0 spiro atoms. The molecule has 1 aromatic heterocycles. The van der Waals surface area contributed by atoms with Gasteiger partial charge < -0.3 is 15.2 Å². The van der Waals surface area contributed by atoms with E-state index in [0.717, 1.165) is 16.9 Å². The fourth-order valence-electron chi connectivity index (χ4n) is 3.07. The number of methoxy groups -OCH3 is 1. The van der Waals surface area contributed by atoms with Gasteiger partial charge in [-0.25, -0.2) is 4.98 Å². The Balaban J connectivity index is 1.87. The number of nitrogens with zero attached hydrogens (tertiary/aromatic N) is 2. The number of rotatable bonds is 3. The minimum Gasteiger partial charge on any atom is -0.504 e. The molecule has 4 rings (SSSR count). The summed E-state index contributed by atoms with van der Waals surface area (Å²) in [6, 6.07) is 12.7. The lowest BCUT2D eigenvalue weighted by atomic mass is 10.1. The van der Waals surface area contributed by atoms with E-state index in [9.17, 15) is 9.90 Å². The number of halogens is 1. The Bertz CT molecular complexity index is 1020. The Kier molecular flexibility index (Phi) is 4.72. The lowest BCUT2D eigenvalue weighted by Crippen LogP contribution is -2.12. The third kappa shape index (κ3) is 3.36. The van der Waals surface area contributed by atoms with Crippen molar-refractivity contribution in [1.29, 1.82) is 0 Å². The number of carbonyl (C=O) groups excluding carboxylic acids is 1. The zero-order valence-electron chi connectivity index (χ0n) is 14.3. The van der Waals surface area contributed by atoms with Gasteiger partial charge in [0, 0.05) is 10.7 Å². The van der Waals surface area contributed by atoms with Gasteiger partial charge in [-0.3, -0.25) is 9.36 Å². The lowest BCUT2D eigenvalue weighted by Gasteiger charge is -2.19. The van der Waals surface area contributed by atoms with E-state index in [1.807, 2.05) is 28.8 Å². The van der Waals surface area contributed by atoms with Crippen LogP contribution in [0.15, 0.2) is 48.8 Å². The molecule has 27 heavy (non-hydrogen) atoms. The number of nitrogens with one attached hydrogen (secondary N) is 1. The van der Waals surface area contributed by atoms with E-state index in [1.54, 1.807) is 24.5 Å². The van der Waals surface area contributed by atoms with E-state index in [1.165, 1.54) is 18.9 Å². The molecule has 0 radical (unpaired) electrons. The zero-order chi connectivity index (χ0) is 19.0. The summed E-state index contributed by atoms with van der Waals surface area (Å²) in [7, 11) is 1.50. The van der Waals surface area contributed by atoms with Crippen LogP contribution in [0.2, 0.25) is 5.02 Å². The number of carbonyl (C=O) groups is 1. The van der Waals surface area contributed by atoms with Crippen molar-refractivity contribution in [1.82, 2.24) is 9.55 Å². The third-order valence-electron chi connectivity index (χ3n) is 4.28. The molecule has 2 N–H and O–H groups in total. The molecule has 1 aliphatic heterocycles. The smallest absolute Gasteiger partial charge is 0.235 e. The quantitative estimate of drug-likeness (QED) is 0.693. The van der Waals surface area contributed by atoms with Crippen LogP contribution < -0.4 is 10.1 Å². The highest BCUT2D eigenvalue weighted by Crippen LogP contribution is 2.44. The van der Waals surface area contributed by atoms with E-state index < -0.39 is 0 Å². The van der Waals surface area contributed by atoms with Gasteiger partial charge in [0.15, 0.2) is 17.3 Å². The molecule has 138 valence electrons. The first kappa shape index (κ1) is 17.8. The van der Waals surface area contributed by atoms with Crippen LogP contribution in [0.5, 0.6) is 11.5 Å². The average molecular weight is 402 g/mol. The first-order valence-corrected chi connectivity index (χ1v) is 9.61. The Morgan fingerprint density at radius 1 is 1.33 bits per heavy atom. The van der Waals surface area contributed by atoms with Crippen molar-refractivity contribution in [2.45, 2.75) is 5.25 Å². The van der Waals surface area contributed by atoms with E-state index in [4.69, 9.17) is 16.3 Å². The predicted molar refractivity (Wildman–Crippen MR) is 106 cm³/mol. The SMILES string of the molecule is COc1ccc(C2SCC(=O)Nc3ncn(-c4cccc(Cl)c4)c32)cc1O. The van der Waals surface area contributed by atoms with E-state index >= 15 is 0 Å². The molecule has 2 aromatic carbocycles. The highest BCUT2D eigenvalue weighted by atomic mass is 35.5. The van der Waals surface area contributed by atoms with Gasteiger partial charge in [-0.15, -0.1) is 11.8 Å². The monoisotopic (exact) mass is 401 g/mol. The van der Waals surface area contributed by atoms with Gasteiger partial charge >= 0.3 is 0 Å². The van der Waals surface area contributed by atoms with E-state index in [-0.39, 0.29) is 22.7 Å². The minimum absolute atomic E-state index is 0.0505. The summed E-state index contributed by atoms with van der Waals surface area (Å²) in [5, 5.41) is 13.5. The van der Waals surface area contributed by atoms with Crippen LogP contribution in [0.1, 0.15) is 16.5 Å². The molecule has 2 heterocycles. The summed E-state index contributed by atoms with van der Waals surface area (Å²) in [6.45, 7) is 0. The molecular weight excluding hydrogens is 386 g/mol. The Labute approximate surface area is 165 Å². The summed E-state index contributed by atoms with van der Waals surface area (Å²) in [4.78, 5) is 16.5. The summed E-state index contributed by atoms with van der Waals surface area (Å²) in [5.74, 6) is 1.12. The number of phenols is 1. The van der Waals surface area contributed by atoms with Gasteiger partial charge in [0.2, 0.25) is 5.91 Å². The number of fused-ring (bicyclic) bond motifs is 1. The molecule has 0 saturated carbocycles. The van der Waals surface area contributed by atoms with Crippen LogP contribution in [0.25, 0.3) is 5.69 Å². The molecule has 0 bridgehead atoms. The summed E-state index contributed by atoms with van der Waals surface area (Å²) >= 11 is 7.62. The molecule has 1 aliphatic rings. The molecule has 0 fully saturated rings. The number of thioether (sulfide) groups is 1. The van der Waals surface area contributed by atoms with Crippen molar-refractivity contribution in [2.24, 2.45) is 0 Å². The Morgan fingerprint density at radius 3 is 2.93 bits per heavy atom. The predicted octanol–water partition coefficient (Wildman–Crippen LogP) is 4.01. The molecule has 6 nitrogen and oxygen atoms in total. The van der Waals surface area contributed by atoms with Gasteiger partial charge in [0.25, 0.3) is 0 Å². The van der Waals surface area contributed by atoms with Gasteiger partial charge in [0.05, 0.1) is 23.8 Å². The second-order valence-electron chi connectivity index (χ2n) is 6.00. The molecular formula is C19H16ClN3O3S. The molecule has 3 aromatic rings. The molecule has 0 aliphatic carbocycles. The number of benzene rings is 2. The van der Waals surface area contributed by atoms with Crippen LogP contribution in [0, 0.1) is 0 Å². The first-order valence-electron chi connectivity index (χ1n) is 8.18. The Morgan fingerprint density at radius 2 is 2.19 bits per heavy atom. The number of amides is 1. The maximum Gasteiger partial charge on any atom is 0.235 e. The van der Waals surface area contributed by atoms with Crippen molar-refractivity contribution in [3.8, 4) is 17.2 Å². The van der Waals surface area contributed by atoms with Crippen molar-refractivity contribution >= 4 is 35.1 Å². The van der Waals surface area contributed by atoms with Crippen molar-refractivity contribution in [3.63, 3.8) is 0 Å². The van der Waals surface area contributed by atoms with Crippen LogP contribution in [0.4, 0.5) is 5.82 Å². The fourth-order valence-corrected chi connectivity index (χ4v) is 4.36. The van der Waals surface area contributed by atoms with Gasteiger partial charge in [-0.05, 0) is 35.9 Å². The van der Waals surface area contributed by atoms with Crippen LogP contribution in [-0.2, 0) is 4.79 Å². The first-order chi connectivity index (χ1) is 13.1. The average Bonchev–Trinajstić information content (AvgIpc) is 2.98. The molecule has 0 saturated heterocycles. The fraction of sp³-hybridized carbons (Fsp3) is 0.158. The largest absolute Gasteiger partial charge is 0.504 e. The number of phenolic OH excluding ortho intramolecular Hbond substituents is 1. The van der Waals surface area contributed by atoms with E-state index in [0.29, 0.717) is 16.6 Å². The van der Waals surface area contributed by atoms with Crippen LogP contribution in [-0.4, -0.2) is 33.4 Å².